The van der Waals surface area contributed by atoms with Gasteiger partial charge in [-0.15, -0.1) is 0 Å². The van der Waals surface area contributed by atoms with Crippen molar-refractivity contribution in [2.24, 2.45) is 0 Å². The summed E-state index contributed by atoms with van der Waals surface area (Å²) in [6, 6.07) is 17.4. The van der Waals surface area contributed by atoms with Crippen molar-refractivity contribution in [3.8, 4) is 0 Å². The lowest BCUT2D eigenvalue weighted by molar-refractivity contribution is -0.159. The highest BCUT2D eigenvalue weighted by Crippen LogP contribution is 2.46. The smallest absolute Gasteiger partial charge is 0.330 e. The molecule has 0 aliphatic carbocycles. The highest BCUT2D eigenvalue weighted by molar-refractivity contribution is 7.67. The maximum Gasteiger partial charge on any atom is 0.330 e. The molecule has 7 heteroatoms. The van der Waals surface area contributed by atoms with Gasteiger partial charge in [-0.05, 0) is 37.1 Å². The van der Waals surface area contributed by atoms with Crippen molar-refractivity contribution in [1.82, 2.24) is 5.32 Å². The van der Waals surface area contributed by atoms with Crippen LogP contribution in [0, 0.1) is 0 Å². The predicted octanol–water partition coefficient (Wildman–Crippen LogP) is 2.63. The summed E-state index contributed by atoms with van der Waals surface area (Å²) in [5, 5.41) is 3.40. The molecule has 27 heavy (non-hydrogen) atoms. The van der Waals surface area contributed by atoms with E-state index in [1.54, 1.807) is 30.3 Å². The molecule has 2 aromatic rings. The third-order valence-corrected chi connectivity index (χ3v) is 6.63. The number of benzene rings is 2. The number of hydrogen-bond donors (Lipinski definition) is 1. The van der Waals surface area contributed by atoms with Gasteiger partial charge in [-0.2, -0.15) is 0 Å². The Morgan fingerprint density at radius 2 is 1.70 bits per heavy atom. The Balaban J connectivity index is 1.70. The van der Waals surface area contributed by atoms with Crippen LogP contribution in [-0.2, 0) is 30.0 Å². The maximum atomic E-state index is 13.5. The lowest BCUT2D eigenvalue weighted by Gasteiger charge is -2.18. The Hall–Kier alpha value is -2.27. The van der Waals surface area contributed by atoms with E-state index in [-0.39, 0.29) is 6.61 Å². The van der Waals surface area contributed by atoms with Gasteiger partial charge in [0.15, 0.2) is 0 Å². The topological polar surface area (TPSA) is 81.7 Å². The van der Waals surface area contributed by atoms with Crippen LogP contribution in [0.3, 0.4) is 0 Å². The van der Waals surface area contributed by atoms with Crippen molar-refractivity contribution in [2.45, 2.75) is 25.5 Å². The van der Waals surface area contributed by atoms with Crippen molar-refractivity contribution >= 4 is 24.6 Å². The van der Waals surface area contributed by atoms with Gasteiger partial charge in [0.25, 0.3) is 0 Å². The van der Waals surface area contributed by atoms with Gasteiger partial charge >= 0.3 is 11.9 Å². The fourth-order valence-electron chi connectivity index (χ4n) is 2.89. The first-order chi connectivity index (χ1) is 13.1. The van der Waals surface area contributed by atoms with Gasteiger partial charge in [-0.1, -0.05) is 48.5 Å². The van der Waals surface area contributed by atoms with Crippen molar-refractivity contribution in [3.05, 3.63) is 66.2 Å². The zero-order chi connectivity index (χ0) is 19.1. The first-order valence-corrected chi connectivity index (χ1v) is 10.7. The molecule has 3 rings (SSSR count). The molecule has 0 amide bonds. The van der Waals surface area contributed by atoms with Gasteiger partial charge < -0.3 is 14.6 Å². The molecule has 0 aromatic heterocycles. The summed E-state index contributed by atoms with van der Waals surface area (Å²) < 4.78 is 24.1. The minimum Gasteiger partial charge on any atom is -0.392 e. The second kappa shape index (κ2) is 9.09. The van der Waals surface area contributed by atoms with Crippen LogP contribution >= 0.6 is 7.37 Å². The van der Waals surface area contributed by atoms with E-state index in [1.165, 1.54) is 0 Å². The lowest BCUT2D eigenvalue weighted by atomic mass is 10.2. The zero-order valence-corrected chi connectivity index (χ0v) is 15.8. The Bertz CT molecular complexity index is 819. The van der Waals surface area contributed by atoms with Crippen LogP contribution in [0.25, 0.3) is 0 Å². The third kappa shape index (κ3) is 5.36. The molecule has 0 spiro atoms. The molecule has 1 unspecified atom stereocenters. The van der Waals surface area contributed by atoms with Gasteiger partial charge in [0.2, 0.25) is 7.37 Å². The number of rotatable bonds is 7. The number of carbonyl (C=O) groups excluding carboxylic acids is 2. The number of carbonyl (C=O) groups is 2. The molecule has 142 valence electrons. The van der Waals surface area contributed by atoms with Gasteiger partial charge in [-0.3, -0.25) is 9.36 Å². The Morgan fingerprint density at radius 3 is 2.33 bits per heavy atom. The Morgan fingerprint density at radius 1 is 1.04 bits per heavy atom. The first kappa shape index (κ1) is 19.5. The summed E-state index contributed by atoms with van der Waals surface area (Å²) in [6.07, 6.45) is 1.01. The third-order valence-electron chi connectivity index (χ3n) is 4.33. The largest absolute Gasteiger partial charge is 0.392 e. The molecule has 0 radical (unpaired) electrons. The van der Waals surface area contributed by atoms with Gasteiger partial charge in [0.1, 0.15) is 12.2 Å². The van der Waals surface area contributed by atoms with Gasteiger partial charge in [0.05, 0.1) is 6.61 Å². The maximum absolute atomic E-state index is 13.5. The van der Waals surface area contributed by atoms with Crippen LogP contribution in [0.5, 0.6) is 0 Å². The zero-order valence-electron chi connectivity index (χ0n) is 14.9. The summed E-state index contributed by atoms with van der Waals surface area (Å²) in [5.74, 6) is -1.46. The molecule has 1 aliphatic heterocycles. The Kier molecular flexibility index (Phi) is 6.56. The highest BCUT2D eigenvalue weighted by atomic mass is 31.2. The molecule has 1 heterocycles. The average molecular weight is 387 g/mol. The summed E-state index contributed by atoms with van der Waals surface area (Å²) in [6.45, 7) is 0.815. The van der Waals surface area contributed by atoms with Gasteiger partial charge in [0, 0.05) is 5.30 Å². The quantitative estimate of drug-likeness (QED) is 0.447. The molecule has 1 saturated heterocycles. The van der Waals surface area contributed by atoms with Crippen LogP contribution < -0.4 is 10.6 Å². The normalized spacial score (nSPS) is 18.6. The van der Waals surface area contributed by atoms with E-state index in [4.69, 9.17) is 9.26 Å². The Labute approximate surface area is 158 Å². The first-order valence-electron chi connectivity index (χ1n) is 8.88. The van der Waals surface area contributed by atoms with Crippen molar-refractivity contribution in [2.75, 3.05) is 12.7 Å². The van der Waals surface area contributed by atoms with Crippen molar-refractivity contribution in [1.29, 1.82) is 0 Å². The SMILES string of the molecule is O=C(CP(=O)(OCc1ccccc1)c1ccccc1)OC(=O)[C@@H]1CCCN1. The summed E-state index contributed by atoms with van der Waals surface area (Å²) in [4.78, 5) is 24.3. The predicted molar refractivity (Wildman–Crippen MR) is 102 cm³/mol. The molecular formula is C20H22NO5P. The molecule has 1 fully saturated rings. The van der Waals surface area contributed by atoms with Crippen molar-refractivity contribution < 1.29 is 23.4 Å². The fraction of sp³-hybridized carbons (Fsp3) is 0.300. The molecule has 1 aliphatic rings. The van der Waals surface area contributed by atoms with Crippen molar-refractivity contribution in [3.63, 3.8) is 0 Å². The highest BCUT2D eigenvalue weighted by Gasteiger charge is 2.33. The number of hydrogen-bond acceptors (Lipinski definition) is 6. The molecule has 0 saturated carbocycles. The van der Waals surface area contributed by atoms with Crippen LogP contribution in [0.1, 0.15) is 18.4 Å². The molecule has 1 N–H and O–H groups in total. The second-order valence-electron chi connectivity index (χ2n) is 6.37. The number of nitrogens with one attached hydrogen (secondary N) is 1. The minimum atomic E-state index is -3.53. The van der Waals surface area contributed by atoms with Crippen LogP contribution in [0.2, 0.25) is 0 Å². The summed E-state index contributed by atoms with van der Waals surface area (Å²) in [7, 11) is -3.53. The lowest BCUT2D eigenvalue weighted by Crippen LogP contribution is -2.34. The monoisotopic (exact) mass is 387 g/mol. The molecule has 2 atom stereocenters. The van der Waals surface area contributed by atoms with Crippen LogP contribution in [0.4, 0.5) is 0 Å². The molecular weight excluding hydrogens is 365 g/mol. The van der Waals surface area contributed by atoms with E-state index in [1.807, 2.05) is 30.3 Å². The average Bonchev–Trinajstić information content (AvgIpc) is 3.23. The molecule has 2 aromatic carbocycles. The van der Waals surface area contributed by atoms with E-state index in [2.05, 4.69) is 5.32 Å². The molecule has 6 nitrogen and oxygen atoms in total. The van der Waals surface area contributed by atoms with Gasteiger partial charge in [-0.25, -0.2) is 4.79 Å². The van der Waals surface area contributed by atoms with E-state index >= 15 is 0 Å². The second-order valence-corrected chi connectivity index (χ2v) is 8.81. The summed E-state index contributed by atoms with van der Waals surface area (Å²) >= 11 is 0. The summed E-state index contributed by atoms with van der Waals surface area (Å²) in [5.41, 5.74) is 0.841. The van der Waals surface area contributed by atoms with Crippen LogP contribution in [-0.4, -0.2) is 30.7 Å². The van der Waals surface area contributed by atoms with E-state index < -0.39 is 31.5 Å². The van der Waals surface area contributed by atoms with Crippen LogP contribution in [0.15, 0.2) is 60.7 Å². The number of esters is 2. The van der Waals surface area contributed by atoms with E-state index in [0.717, 1.165) is 18.5 Å². The van der Waals surface area contributed by atoms with E-state index in [9.17, 15) is 14.2 Å². The standard InChI is InChI=1S/C20H22NO5P/c22-19(26-20(23)18-12-7-13-21-18)15-27(24,17-10-5-2-6-11-17)25-14-16-8-3-1-4-9-16/h1-6,8-11,18,21H,7,12-15H2/t18-,27?/m0/s1. The molecule has 0 bridgehead atoms. The fourth-order valence-corrected chi connectivity index (χ4v) is 4.70. The number of ether oxygens (including phenoxy) is 1. The van der Waals surface area contributed by atoms with E-state index in [0.29, 0.717) is 11.7 Å². The minimum absolute atomic E-state index is 0.0957.